The average molecular weight is 467 g/mol. The fourth-order valence-corrected chi connectivity index (χ4v) is 3.08. The first-order valence-corrected chi connectivity index (χ1v) is 8.85. The van der Waals surface area contributed by atoms with Crippen molar-refractivity contribution in [1.82, 2.24) is 4.57 Å². The number of para-hydroxylation sites is 1. The molecule has 0 spiro atoms. The van der Waals surface area contributed by atoms with E-state index in [9.17, 15) is 9.90 Å². The highest BCUT2D eigenvalue weighted by molar-refractivity contribution is 9.10. The Kier molecular flexibility index (Phi) is 5.19. The van der Waals surface area contributed by atoms with Crippen molar-refractivity contribution in [3.05, 3.63) is 51.4 Å². The molecular formula is C17H13Br2N3O3. The van der Waals surface area contributed by atoms with Gasteiger partial charge in [0.25, 0.3) is 0 Å². The smallest absolute Gasteiger partial charge is 0.302 e. The number of carbonyl (C=O) groups excluding carboxylic acids is 1. The Balaban J connectivity index is 1.79. The van der Waals surface area contributed by atoms with Crippen molar-refractivity contribution in [2.24, 2.45) is 17.3 Å². The summed E-state index contributed by atoms with van der Waals surface area (Å²) in [5, 5.41) is 18.5. The molecule has 2 aromatic carbocycles. The van der Waals surface area contributed by atoms with Crippen molar-refractivity contribution < 1.29 is 14.6 Å². The topological polar surface area (TPSA) is 76.2 Å². The molecule has 0 aliphatic carbocycles. The first kappa shape index (κ1) is 17.6. The lowest BCUT2D eigenvalue weighted by molar-refractivity contribution is -0.120. The number of aryl methyl sites for hydroxylation is 1. The van der Waals surface area contributed by atoms with Crippen molar-refractivity contribution in [3.8, 4) is 11.6 Å². The van der Waals surface area contributed by atoms with Gasteiger partial charge < -0.3 is 14.4 Å². The summed E-state index contributed by atoms with van der Waals surface area (Å²) in [4.78, 5) is 11.9. The van der Waals surface area contributed by atoms with Crippen LogP contribution in [0, 0.1) is 0 Å². The van der Waals surface area contributed by atoms with E-state index in [2.05, 4.69) is 42.1 Å². The monoisotopic (exact) mass is 465 g/mol. The maximum absolute atomic E-state index is 11.9. The number of fused-ring (bicyclic) bond motifs is 1. The van der Waals surface area contributed by atoms with Gasteiger partial charge in [-0.2, -0.15) is 0 Å². The van der Waals surface area contributed by atoms with Crippen LogP contribution >= 0.6 is 31.9 Å². The summed E-state index contributed by atoms with van der Waals surface area (Å²) >= 11 is 6.72. The number of amides is 1. The summed E-state index contributed by atoms with van der Waals surface area (Å²) in [5.41, 5.74) is 1.03. The molecule has 0 fully saturated rings. The van der Waals surface area contributed by atoms with E-state index in [1.54, 1.807) is 23.7 Å². The summed E-state index contributed by atoms with van der Waals surface area (Å²) < 4.78 is 8.57. The largest absolute Gasteiger partial charge is 0.493 e. The van der Waals surface area contributed by atoms with Gasteiger partial charge in [-0.25, -0.2) is 0 Å². The van der Waals surface area contributed by atoms with E-state index >= 15 is 0 Å². The van der Waals surface area contributed by atoms with Crippen molar-refractivity contribution in [2.45, 2.75) is 0 Å². The zero-order valence-electron chi connectivity index (χ0n) is 13.1. The Labute approximate surface area is 160 Å². The van der Waals surface area contributed by atoms with E-state index in [1.165, 1.54) is 0 Å². The second kappa shape index (κ2) is 7.37. The third kappa shape index (κ3) is 3.74. The maximum atomic E-state index is 11.9. The Bertz CT molecular complexity index is 983. The highest BCUT2D eigenvalue weighted by atomic mass is 79.9. The Hall–Kier alpha value is -2.19. The molecule has 1 heterocycles. The molecule has 8 heteroatoms. The van der Waals surface area contributed by atoms with E-state index in [0.717, 1.165) is 14.5 Å². The lowest BCUT2D eigenvalue weighted by Crippen LogP contribution is -2.08. The number of nitrogens with zero attached hydrogens (tertiary/aromatic N) is 3. The van der Waals surface area contributed by atoms with Crippen molar-refractivity contribution in [2.75, 3.05) is 6.61 Å². The van der Waals surface area contributed by atoms with Gasteiger partial charge in [-0.05, 0) is 46.3 Å². The molecule has 25 heavy (non-hydrogen) atoms. The van der Waals surface area contributed by atoms with Crippen LogP contribution in [-0.4, -0.2) is 22.2 Å². The molecule has 1 N–H and O–H groups in total. The Morgan fingerprint density at radius 3 is 2.76 bits per heavy atom. The van der Waals surface area contributed by atoms with Crippen molar-refractivity contribution >= 4 is 54.4 Å². The molecular weight excluding hydrogens is 454 g/mol. The molecule has 3 rings (SSSR count). The number of azo groups is 1. The zero-order valence-corrected chi connectivity index (χ0v) is 16.3. The number of carbonyl (C=O) groups is 1. The second-order valence-electron chi connectivity index (χ2n) is 5.21. The summed E-state index contributed by atoms with van der Waals surface area (Å²) in [6, 6.07) is 12.7. The van der Waals surface area contributed by atoms with Crippen LogP contribution in [0.5, 0.6) is 11.6 Å². The molecule has 1 amide bonds. The summed E-state index contributed by atoms with van der Waals surface area (Å²) in [6.45, 7) is -0.249. The minimum Gasteiger partial charge on any atom is -0.493 e. The van der Waals surface area contributed by atoms with Gasteiger partial charge in [-0.15, -0.1) is 10.2 Å². The zero-order chi connectivity index (χ0) is 18.0. The molecule has 0 aliphatic heterocycles. The van der Waals surface area contributed by atoms with Gasteiger partial charge in [-0.1, -0.05) is 28.1 Å². The van der Waals surface area contributed by atoms with Crippen LogP contribution in [0.2, 0.25) is 0 Å². The number of rotatable bonds is 4. The van der Waals surface area contributed by atoms with Crippen LogP contribution in [0.1, 0.15) is 0 Å². The maximum Gasteiger partial charge on any atom is 0.302 e. The molecule has 0 saturated heterocycles. The SMILES string of the molecule is Cn1c(O)c(N=NC(=O)COc2ccccc2Br)c2cc(Br)ccc21. The third-order valence-electron chi connectivity index (χ3n) is 3.55. The lowest BCUT2D eigenvalue weighted by Gasteiger charge is -2.04. The van der Waals surface area contributed by atoms with Crippen LogP contribution in [-0.2, 0) is 11.8 Å². The molecule has 0 atom stereocenters. The number of aromatic nitrogens is 1. The number of aromatic hydroxyl groups is 1. The Morgan fingerprint density at radius 1 is 1.24 bits per heavy atom. The van der Waals surface area contributed by atoms with Crippen LogP contribution in [0.15, 0.2) is 61.6 Å². The summed E-state index contributed by atoms with van der Waals surface area (Å²) in [6.07, 6.45) is 0. The van der Waals surface area contributed by atoms with Gasteiger partial charge in [0.15, 0.2) is 12.3 Å². The fraction of sp³-hybridized carbons (Fsp3) is 0.118. The first-order valence-electron chi connectivity index (χ1n) is 7.26. The van der Waals surface area contributed by atoms with Crippen molar-refractivity contribution in [3.63, 3.8) is 0 Å². The molecule has 6 nitrogen and oxygen atoms in total. The van der Waals surface area contributed by atoms with Crippen LogP contribution in [0.25, 0.3) is 10.9 Å². The van der Waals surface area contributed by atoms with Crippen molar-refractivity contribution in [1.29, 1.82) is 0 Å². The number of benzene rings is 2. The molecule has 0 radical (unpaired) electrons. The summed E-state index contributed by atoms with van der Waals surface area (Å²) in [5.74, 6) is -0.0680. The number of halogens is 2. The van der Waals surface area contributed by atoms with Gasteiger partial charge >= 0.3 is 5.91 Å². The normalized spacial score (nSPS) is 11.3. The number of hydrogen-bond donors (Lipinski definition) is 1. The molecule has 1 aromatic heterocycles. The predicted molar refractivity (Wildman–Crippen MR) is 101 cm³/mol. The number of ether oxygens (including phenoxy) is 1. The summed E-state index contributed by atoms with van der Waals surface area (Å²) in [7, 11) is 1.71. The predicted octanol–water partition coefficient (Wildman–Crippen LogP) is 5.10. The fourth-order valence-electron chi connectivity index (χ4n) is 2.32. The van der Waals surface area contributed by atoms with E-state index in [0.29, 0.717) is 11.1 Å². The minimum atomic E-state index is -0.554. The van der Waals surface area contributed by atoms with Gasteiger partial charge in [-0.3, -0.25) is 4.79 Å². The minimum absolute atomic E-state index is 0.0589. The molecule has 0 saturated carbocycles. The van der Waals surface area contributed by atoms with Gasteiger partial charge in [0.1, 0.15) is 5.75 Å². The highest BCUT2D eigenvalue weighted by Gasteiger charge is 2.15. The Morgan fingerprint density at radius 2 is 2.00 bits per heavy atom. The first-order chi connectivity index (χ1) is 12.0. The molecule has 0 aliphatic rings. The van der Waals surface area contributed by atoms with E-state index in [4.69, 9.17) is 4.74 Å². The standard InChI is InChI=1S/C17H13Br2N3O3/c1-22-13-7-6-10(18)8-11(13)16(17(22)24)21-20-15(23)9-25-14-5-3-2-4-12(14)19/h2-8,24H,9H2,1H3. The quantitative estimate of drug-likeness (QED) is 0.543. The van der Waals surface area contributed by atoms with Gasteiger partial charge in [0, 0.05) is 16.9 Å². The highest BCUT2D eigenvalue weighted by Crippen LogP contribution is 2.39. The van der Waals surface area contributed by atoms with E-state index < -0.39 is 5.91 Å². The molecule has 3 aromatic rings. The van der Waals surface area contributed by atoms with Gasteiger partial charge in [0.2, 0.25) is 5.88 Å². The second-order valence-corrected chi connectivity index (χ2v) is 6.98. The van der Waals surface area contributed by atoms with E-state index in [-0.39, 0.29) is 18.2 Å². The number of hydrogen-bond acceptors (Lipinski definition) is 4. The molecule has 0 bridgehead atoms. The molecule has 0 unspecified atom stereocenters. The van der Waals surface area contributed by atoms with Crippen LogP contribution in [0.3, 0.4) is 0 Å². The van der Waals surface area contributed by atoms with Gasteiger partial charge in [0.05, 0.1) is 9.99 Å². The average Bonchev–Trinajstić information content (AvgIpc) is 2.83. The molecule has 128 valence electrons. The van der Waals surface area contributed by atoms with Crippen LogP contribution in [0.4, 0.5) is 5.69 Å². The van der Waals surface area contributed by atoms with Crippen LogP contribution < -0.4 is 4.74 Å². The van der Waals surface area contributed by atoms with E-state index in [1.807, 2.05) is 30.3 Å². The lowest BCUT2D eigenvalue weighted by atomic mass is 10.2. The third-order valence-corrected chi connectivity index (χ3v) is 4.70.